The molecular weight excluding hydrogens is 355 g/mol. The Bertz CT molecular complexity index is 707. The fraction of sp³-hybridized carbons (Fsp3) is 0.350. The molecule has 0 saturated carbocycles. The summed E-state index contributed by atoms with van der Waals surface area (Å²) in [6.07, 6.45) is 2.22. The summed E-state index contributed by atoms with van der Waals surface area (Å²) in [6, 6.07) is 14.7. The molecule has 0 aliphatic carbocycles. The van der Waals surface area contributed by atoms with Crippen molar-refractivity contribution in [3.63, 3.8) is 0 Å². The molecule has 0 radical (unpaired) electrons. The first-order valence-corrected chi connectivity index (χ1v) is 9.34. The summed E-state index contributed by atoms with van der Waals surface area (Å²) in [5, 5.41) is 3.99. The van der Waals surface area contributed by atoms with Crippen molar-refractivity contribution < 1.29 is 4.79 Å². The molecule has 2 aromatic rings. The molecule has 1 aliphatic rings. The van der Waals surface area contributed by atoms with Gasteiger partial charge in [0, 0.05) is 15.7 Å². The van der Waals surface area contributed by atoms with Crippen LogP contribution in [0.3, 0.4) is 0 Å². The third kappa shape index (κ3) is 4.75. The molecule has 25 heavy (non-hydrogen) atoms. The minimum Gasteiger partial charge on any atom is -0.324 e. The molecule has 1 saturated heterocycles. The number of benzene rings is 2. The molecule has 1 aliphatic heterocycles. The Morgan fingerprint density at radius 3 is 2.28 bits per heavy atom. The zero-order valence-electron chi connectivity index (χ0n) is 14.2. The quantitative estimate of drug-likeness (QED) is 0.773. The van der Waals surface area contributed by atoms with Crippen molar-refractivity contribution in [2.75, 3.05) is 18.4 Å². The van der Waals surface area contributed by atoms with Gasteiger partial charge in [-0.15, -0.1) is 0 Å². The van der Waals surface area contributed by atoms with Crippen LogP contribution in [-0.4, -0.2) is 23.9 Å². The van der Waals surface area contributed by atoms with Crippen molar-refractivity contribution in [3.8, 4) is 0 Å². The number of likely N-dealkylation sites (tertiary alicyclic amines) is 1. The highest BCUT2D eigenvalue weighted by atomic mass is 35.5. The molecule has 1 heterocycles. The van der Waals surface area contributed by atoms with Crippen LogP contribution >= 0.6 is 23.2 Å². The van der Waals surface area contributed by atoms with Gasteiger partial charge in [0.25, 0.3) is 0 Å². The highest BCUT2D eigenvalue weighted by Gasteiger charge is 2.30. The van der Waals surface area contributed by atoms with Gasteiger partial charge in [-0.3, -0.25) is 9.69 Å². The SMILES string of the molecule is CC1CCN([C@H](C(=O)Nc2cc(Cl)cc(Cl)c2)c2ccccc2)CC1. The molecule has 2 aromatic carbocycles. The number of rotatable bonds is 4. The first kappa shape index (κ1) is 18.2. The van der Waals surface area contributed by atoms with Gasteiger partial charge in [0.05, 0.1) is 0 Å². The van der Waals surface area contributed by atoms with Crippen LogP contribution in [0.1, 0.15) is 31.4 Å². The van der Waals surface area contributed by atoms with E-state index in [9.17, 15) is 4.79 Å². The fourth-order valence-corrected chi connectivity index (χ4v) is 3.81. The van der Waals surface area contributed by atoms with E-state index >= 15 is 0 Å². The molecule has 0 unspecified atom stereocenters. The van der Waals surface area contributed by atoms with Crippen molar-refractivity contribution >= 4 is 34.8 Å². The monoisotopic (exact) mass is 376 g/mol. The second-order valence-corrected chi connectivity index (χ2v) is 7.55. The van der Waals surface area contributed by atoms with Gasteiger partial charge in [-0.1, -0.05) is 60.5 Å². The highest BCUT2D eigenvalue weighted by molar-refractivity contribution is 6.35. The summed E-state index contributed by atoms with van der Waals surface area (Å²) < 4.78 is 0. The second kappa shape index (κ2) is 8.22. The van der Waals surface area contributed by atoms with Crippen molar-refractivity contribution in [3.05, 3.63) is 64.1 Å². The molecule has 3 rings (SSSR count). The van der Waals surface area contributed by atoms with Crippen molar-refractivity contribution in [2.24, 2.45) is 5.92 Å². The van der Waals surface area contributed by atoms with Gasteiger partial charge < -0.3 is 5.32 Å². The zero-order valence-corrected chi connectivity index (χ0v) is 15.7. The van der Waals surface area contributed by atoms with Gasteiger partial charge in [0.15, 0.2) is 0 Å². The number of carbonyl (C=O) groups is 1. The van der Waals surface area contributed by atoms with Crippen LogP contribution in [0.2, 0.25) is 10.0 Å². The molecule has 0 bridgehead atoms. The molecule has 1 atom stereocenters. The first-order valence-electron chi connectivity index (χ1n) is 8.59. The molecule has 5 heteroatoms. The van der Waals surface area contributed by atoms with Crippen LogP contribution in [0.4, 0.5) is 5.69 Å². The minimum absolute atomic E-state index is 0.0564. The van der Waals surface area contributed by atoms with Crippen LogP contribution in [0.25, 0.3) is 0 Å². The lowest BCUT2D eigenvalue weighted by atomic mass is 9.95. The third-order valence-corrected chi connectivity index (χ3v) is 5.11. The number of anilines is 1. The Balaban J connectivity index is 1.84. The number of hydrogen-bond donors (Lipinski definition) is 1. The van der Waals surface area contributed by atoms with E-state index in [1.165, 1.54) is 0 Å². The first-order chi connectivity index (χ1) is 12.0. The number of hydrogen-bond acceptors (Lipinski definition) is 2. The Kier molecular flexibility index (Phi) is 6.00. The molecule has 0 aromatic heterocycles. The number of piperidine rings is 1. The van der Waals surface area contributed by atoms with Crippen LogP contribution in [0.15, 0.2) is 48.5 Å². The van der Waals surface area contributed by atoms with E-state index in [-0.39, 0.29) is 11.9 Å². The van der Waals surface area contributed by atoms with Gasteiger partial charge in [0.1, 0.15) is 6.04 Å². The minimum atomic E-state index is -0.313. The number of nitrogens with zero attached hydrogens (tertiary/aromatic N) is 1. The molecular formula is C20H22Cl2N2O. The molecule has 132 valence electrons. The lowest BCUT2D eigenvalue weighted by molar-refractivity contribution is -0.122. The van der Waals surface area contributed by atoms with Crippen molar-refractivity contribution in [2.45, 2.75) is 25.8 Å². The van der Waals surface area contributed by atoms with Crippen LogP contribution in [-0.2, 0) is 4.79 Å². The van der Waals surface area contributed by atoms with E-state index in [0.29, 0.717) is 21.7 Å². The number of amides is 1. The number of carbonyl (C=O) groups excluding carboxylic acids is 1. The van der Waals surface area contributed by atoms with E-state index in [4.69, 9.17) is 23.2 Å². The highest BCUT2D eigenvalue weighted by Crippen LogP contribution is 2.29. The van der Waals surface area contributed by atoms with E-state index < -0.39 is 0 Å². The average Bonchev–Trinajstić information content (AvgIpc) is 2.57. The Morgan fingerprint density at radius 2 is 1.68 bits per heavy atom. The predicted octanol–water partition coefficient (Wildman–Crippen LogP) is 5.41. The molecule has 1 N–H and O–H groups in total. The van der Waals surface area contributed by atoms with Gasteiger partial charge in [-0.2, -0.15) is 0 Å². The summed E-state index contributed by atoms with van der Waals surface area (Å²) in [7, 11) is 0. The largest absolute Gasteiger partial charge is 0.324 e. The van der Waals surface area contributed by atoms with E-state index in [0.717, 1.165) is 31.5 Å². The second-order valence-electron chi connectivity index (χ2n) is 6.68. The van der Waals surface area contributed by atoms with Crippen molar-refractivity contribution in [1.29, 1.82) is 0 Å². The maximum absolute atomic E-state index is 13.1. The van der Waals surface area contributed by atoms with E-state index in [2.05, 4.69) is 17.1 Å². The van der Waals surface area contributed by atoms with E-state index in [1.54, 1.807) is 18.2 Å². The van der Waals surface area contributed by atoms with Crippen LogP contribution in [0.5, 0.6) is 0 Å². The van der Waals surface area contributed by atoms with Crippen LogP contribution < -0.4 is 5.32 Å². The summed E-state index contributed by atoms with van der Waals surface area (Å²) >= 11 is 12.1. The third-order valence-electron chi connectivity index (χ3n) is 4.68. The molecule has 3 nitrogen and oxygen atoms in total. The molecule has 0 spiro atoms. The number of halogens is 2. The predicted molar refractivity (Wildman–Crippen MR) is 104 cm³/mol. The smallest absolute Gasteiger partial charge is 0.246 e. The summed E-state index contributed by atoms with van der Waals surface area (Å²) in [5.74, 6) is 0.654. The lowest BCUT2D eigenvalue weighted by Gasteiger charge is -2.36. The maximum Gasteiger partial charge on any atom is 0.246 e. The average molecular weight is 377 g/mol. The van der Waals surface area contributed by atoms with Gasteiger partial charge >= 0.3 is 0 Å². The summed E-state index contributed by atoms with van der Waals surface area (Å²) in [4.78, 5) is 15.3. The lowest BCUT2D eigenvalue weighted by Crippen LogP contribution is -2.41. The maximum atomic E-state index is 13.1. The standard InChI is InChI=1S/C20H22Cl2N2O/c1-14-7-9-24(10-8-14)19(15-5-3-2-4-6-15)20(25)23-18-12-16(21)11-17(22)13-18/h2-6,11-14,19H,7-10H2,1H3,(H,23,25)/t19-/m0/s1. The summed E-state index contributed by atoms with van der Waals surface area (Å²) in [5.41, 5.74) is 1.62. The topological polar surface area (TPSA) is 32.3 Å². The van der Waals surface area contributed by atoms with E-state index in [1.807, 2.05) is 30.3 Å². The van der Waals surface area contributed by atoms with Crippen LogP contribution in [0, 0.1) is 5.92 Å². The Morgan fingerprint density at radius 1 is 1.08 bits per heavy atom. The Labute approximate surface area is 158 Å². The molecule has 1 fully saturated rings. The number of nitrogens with one attached hydrogen (secondary N) is 1. The Hall–Kier alpha value is -1.55. The van der Waals surface area contributed by atoms with Crippen molar-refractivity contribution in [1.82, 2.24) is 4.90 Å². The van der Waals surface area contributed by atoms with Gasteiger partial charge in [-0.25, -0.2) is 0 Å². The van der Waals surface area contributed by atoms with Gasteiger partial charge in [-0.05, 0) is 55.6 Å². The normalized spacial score (nSPS) is 17.2. The molecule has 1 amide bonds. The summed E-state index contributed by atoms with van der Waals surface area (Å²) in [6.45, 7) is 4.11. The zero-order chi connectivity index (χ0) is 17.8. The fourth-order valence-electron chi connectivity index (χ4n) is 3.29. The van der Waals surface area contributed by atoms with Gasteiger partial charge in [0.2, 0.25) is 5.91 Å².